The van der Waals surface area contributed by atoms with Crippen LogP contribution in [0.4, 0.5) is 0 Å². The third-order valence-corrected chi connectivity index (χ3v) is 2.76. The number of carbonyl (C=O) groups is 1. The highest BCUT2D eigenvalue weighted by Crippen LogP contribution is 2.36. The highest BCUT2D eigenvalue weighted by molar-refractivity contribution is 5.99. The predicted octanol–water partition coefficient (Wildman–Crippen LogP) is 0.0262. The molecule has 1 aliphatic rings. The number of nitrogens with one attached hydrogen (secondary N) is 1. The van der Waals surface area contributed by atoms with Crippen molar-refractivity contribution >= 4 is 17.0 Å². The van der Waals surface area contributed by atoms with E-state index < -0.39 is 11.5 Å². The molecule has 0 saturated heterocycles. The van der Waals surface area contributed by atoms with Gasteiger partial charge in [0.05, 0.1) is 12.6 Å². The van der Waals surface area contributed by atoms with Gasteiger partial charge in [-0.05, 0) is 19.8 Å². The molecule has 18 heavy (non-hydrogen) atoms. The molecule has 3 rings (SSSR count). The first-order chi connectivity index (χ1) is 8.72. The smallest absolute Gasteiger partial charge is 0.361 e. The van der Waals surface area contributed by atoms with E-state index in [0.29, 0.717) is 0 Å². The van der Waals surface area contributed by atoms with Crippen LogP contribution < -0.4 is 5.56 Å². The van der Waals surface area contributed by atoms with E-state index in [9.17, 15) is 9.59 Å². The number of esters is 1. The average molecular weight is 249 g/mol. The third-order valence-electron chi connectivity index (χ3n) is 2.76. The molecule has 2 aromatic heterocycles. The highest BCUT2D eigenvalue weighted by atomic mass is 16.5. The second-order valence-corrected chi connectivity index (χ2v) is 4.08. The zero-order chi connectivity index (χ0) is 12.7. The van der Waals surface area contributed by atoms with E-state index in [1.54, 1.807) is 11.6 Å². The van der Waals surface area contributed by atoms with Crippen LogP contribution in [-0.4, -0.2) is 37.8 Å². The molecule has 0 bridgehead atoms. The molecule has 0 spiro atoms. The SMILES string of the molecule is CCOC(=O)c1nn(C2CC2)c2c(=O)[nH]nnc12. The monoisotopic (exact) mass is 249 g/mol. The van der Waals surface area contributed by atoms with Gasteiger partial charge in [0.15, 0.2) is 16.7 Å². The number of hydrogen-bond donors (Lipinski definition) is 1. The summed E-state index contributed by atoms with van der Waals surface area (Å²) in [5, 5.41) is 13.6. The van der Waals surface area contributed by atoms with E-state index in [0.717, 1.165) is 12.8 Å². The molecule has 2 aromatic rings. The molecule has 0 atom stereocenters. The van der Waals surface area contributed by atoms with E-state index in [4.69, 9.17) is 4.74 Å². The fourth-order valence-electron chi connectivity index (χ4n) is 1.83. The van der Waals surface area contributed by atoms with Crippen molar-refractivity contribution in [3.63, 3.8) is 0 Å². The van der Waals surface area contributed by atoms with Crippen LogP contribution in [0.2, 0.25) is 0 Å². The molecular weight excluding hydrogens is 238 g/mol. The summed E-state index contributed by atoms with van der Waals surface area (Å²) < 4.78 is 6.45. The summed E-state index contributed by atoms with van der Waals surface area (Å²) in [4.78, 5) is 23.5. The van der Waals surface area contributed by atoms with Crippen molar-refractivity contribution in [1.29, 1.82) is 0 Å². The number of carbonyl (C=O) groups excluding carboxylic acids is 1. The quantitative estimate of drug-likeness (QED) is 0.769. The molecule has 1 N–H and O–H groups in total. The van der Waals surface area contributed by atoms with Crippen LogP contribution in [-0.2, 0) is 4.74 Å². The third kappa shape index (κ3) is 1.57. The maximum Gasteiger partial charge on any atom is 0.361 e. The van der Waals surface area contributed by atoms with Crippen molar-refractivity contribution in [1.82, 2.24) is 25.2 Å². The van der Waals surface area contributed by atoms with E-state index in [2.05, 4.69) is 20.5 Å². The number of aromatic nitrogens is 5. The number of nitrogens with zero attached hydrogens (tertiary/aromatic N) is 4. The summed E-state index contributed by atoms with van der Waals surface area (Å²) in [6.45, 7) is 1.95. The molecule has 0 amide bonds. The summed E-state index contributed by atoms with van der Waals surface area (Å²) in [6.07, 6.45) is 1.89. The largest absolute Gasteiger partial charge is 0.461 e. The van der Waals surface area contributed by atoms with Gasteiger partial charge in [-0.2, -0.15) is 5.10 Å². The van der Waals surface area contributed by atoms with E-state index in [-0.39, 0.29) is 29.4 Å². The lowest BCUT2D eigenvalue weighted by Gasteiger charge is -1.97. The topological polar surface area (TPSA) is 103 Å². The number of hydrogen-bond acceptors (Lipinski definition) is 6. The number of H-pyrrole nitrogens is 1. The summed E-state index contributed by atoms with van der Waals surface area (Å²) >= 11 is 0. The standard InChI is InChI=1S/C10H11N5O3/c1-2-18-10(17)7-6-8(9(16)12-14-11-6)15(13-7)5-3-4-5/h5H,2-4H2,1H3,(H,11,12,16). The summed E-state index contributed by atoms with van der Waals surface area (Å²) in [6, 6.07) is 0.168. The Morgan fingerprint density at radius 3 is 3.00 bits per heavy atom. The normalized spacial score (nSPS) is 14.9. The minimum atomic E-state index is -0.582. The van der Waals surface area contributed by atoms with Crippen LogP contribution in [0.5, 0.6) is 0 Å². The molecule has 2 heterocycles. The fraction of sp³-hybridized carbons (Fsp3) is 0.500. The second kappa shape index (κ2) is 3.90. The Morgan fingerprint density at radius 1 is 1.56 bits per heavy atom. The molecule has 0 unspecified atom stereocenters. The predicted molar refractivity (Wildman–Crippen MR) is 60.2 cm³/mol. The minimum absolute atomic E-state index is 0.0531. The Labute approximate surface area is 101 Å². The minimum Gasteiger partial charge on any atom is -0.461 e. The van der Waals surface area contributed by atoms with Gasteiger partial charge < -0.3 is 4.74 Å². The maximum atomic E-state index is 11.8. The Bertz CT molecular complexity index is 670. The van der Waals surface area contributed by atoms with Crippen LogP contribution in [0.25, 0.3) is 11.0 Å². The number of rotatable bonds is 3. The van der Waals surface area contributed by atoms with Gasteiger partial charge in [0, 0.05) is 0 Å². The van der Waals surface area contributed by atoms with Gasteiger partial charge in [-0.1, -0.05) is 5.21 Å². The first-order valence-corrected chi connectivity index (χ1v) is 5.73. The lowest BCUT2D eigenvalue weighted by Crippen LogP contribution is -2.13. The van der Waals surface area contributed by atoms with Gasteiger partial charge in [-0.15, -0.1) is 5.10 Å². The highest BCUT2D eigenvalue weighted by Gasteiger charge is 2.31. The molecule has 0 aromatic carbocycles. The molecule has 1 saturated carbocycles. The van der Waals surface area contributed by atoms with Crippen molar-refractivity contribution in [3.05, 3.63) is 16.0 Å². The maximum absolute atomic E-state index is 11.8. The zero-order valence-corrected chi connectivity index (χ0v) is 9.71. The van der Waals surface area contributed by atoms with Gasteiger partial charge >= 0.3 is 5.97 Å². The number of aromatic amines is 1. The zero-order valence-electron chi connectivity index (χ0n) is 9.71. The van der Waals surface area contributed by atoms with Gasteiger partial charge in [0.25, 0.3) is 5.56 Å². The van der Waals surface area contributed by atoms with Crippen LogP contribution in [0, 0.1) is 0 Å². The molecule has 8 nitrogen and oxygen atoms in total. The van der Waals surface area contributed by atoms with Gasteiger partial charge in [-0.3, -0.25) is 9.48 Å². The molecule has 8 heteroatoms. The molecule has 0 radical (unpaired) electrons. The molecule has 1 aliphatic carbocycles. The Hall–Kier alpha value is -2.25. The van der Waals surface area contributed by atoms with E-state index in [1.807, 2.05) is 0 Å². The van der Waals surface area contributed by atoms with E-state index in [1.165, 1.54) is 0 Å². The van der Waals surface area contributed by atoms with Crippen molar-refractivity contribution in [2.45, 2.75) is 25.8 Å². The molecular formula is C10H11N5O3. The summed E-state index contributed by atoms with van der Waals surface area (Å²) in [7, 11) is 0. The molecule has 0 aliphatic heterocycles. The first kappa shape index (κ1) is 10.9. The van der Waals surface area contributed by atoms with Gasteiger partial charge in [0.1, 0.15) is 0 Å². The van der Waals surface area contributed by atoms with Crippen LogP contribution >= 0.6 is 0 Å². The Morgan fingerprint density at radius 2 is 2.33 bits per heavy atom. The van der Waals surface area contributed by atoms with Crippen molar-refractivity contribution in [2.24, 2.45) is 0 Å². The Balaban J connectivity index is 2.24. The van der Waals surface area contributed by atoms with Crippen molar-refractivity contribution < 1.29 is 9.53 Å². The van der Waals surface area contributed by atoms with Crippen molar-refractivity contribution in [2.75, 3.05) is 6.61 Å². The lowest BCUT2D eigenvalue weighted by molar-refractivity contribution is 0.0520. The first-order valence-electron chi connectivity index (χ1n) is 5.73. The lowest BCUT2D eigenvalue weighted by atomic mass is 10.3. The van der Waals surface area contributed by atoms with Crippen LogP contribution in [0.1, 0.15) is 36.3 Å². The summed E-state index contributed by atoms with van der Waals surface area (Å²) in [5.41, 5.74) is 0.145. The van der Waals surface area contributed by atoms with Crippen molar-refractivity contribution in [3.8, 4) is 0 Å². The fourth-order valence-corrected chi connectivity index (χ4v) is 1.83. The van der Waals surface area contributed by atoms with E-state index >= 15 is 0 Å². The van der Waals surface area contributed by atoms with Gasteiger partial charge in [-0.25, -0.2) is 9.89 Å². The molecule has 94 valence electrons. The van der Waals surface area contributed by atoms with Crippen LogP contribution in [0.3, 0.4) is 0 Å². The summed E-state index contributed by atoms with van der Waals surface area (Å²) in [5.74, 6) is -0.582. The van der Waals surface area contributed by atoms with Crippen LogP contribution in [0.15, 0.2) is 4.79 Å². The average Bonchev–Trinajstić information content (AvgIpc) is 3.11. The second-order valence-electron chi connectivity index (χ2n) is 4.08. The Kier molecular flexibility index (Phi) is 2.35. The number of ether oxygens (including phenoxy) is 1. The number of fused-ring (bicyclic) bond motifs is 1. The van der Waals surface area contributed by atoms with Gasteiger partial charge in [0.2, 0.25) is 0 Å². The molecule has 1 fully saturated rings.